The Kier molecular flexibility index (Phi) is 3.27. The van der Waals surface area contributed by atoms with Crippen LogP contribution in [-0.2, 0) is 9.53 Å². The van der Waals surface area contributed by atoms with E-state index in [-0.39, 0.29) is 5.97 Å². The van der Waals surface area contributed by atoms with E-state index in [0.29, 0.717) is 19.0 Å². The van der Waals surface area contributed by atoms with Crippen LogP contribution in [0.5, 0.6) is 0 Å². The first-order valence-electron chi connectivity index (χ1n) is 5.45. The molecule has 0 spiro atoms. The van der Waals surface area contributed by atoms with E-state index in [9.17, 15) is 4.79 Å². The molecule has 1 N–H and O–H groups in total. The fourth-order valence-electron chi connectivity index (χ4n) is 1.56. The Morgan fingerprint density at radius 1 is 1.47 bits per heavy atom. The van der Waals surface area contributed by atoms with E-state index in [2.05, 4.69) is 10.5 Å². The summed E-state index contributed by atoms with van der Waals surface area (Å²) in [6.45, 7) is 3.08. The molecule has 5 heteroatoms. The summed E-state index contributed by atoms with van der Waals surface area (Å²) in [6.07, 6.45) is 0. The third-order valence-corrected chi connectivity index (χ3v) is 2.51. The summed E-state index contributed by atoms with van der Waals surface area (Å²) < 4.78 is 4.92. The lowest BCUT2D eigenvalue weighted by atomic mass is 10.2. The number of amidine groups is 1. The van der Waals surface area contributed by atoms with Gasteiger partial charge in [-0.25, -0.2) is 4.79 Å². The van der Waals surface area contributed by atoms with Crippen LogP contribution < -0.4 is 5.43 Å². The van der Waals surface area contributed by atoms with Crippen LogP contribution in [0.25, 0.3) is 0 Å². The van der Waals surface area contributed by atoms with Crippen molar-refractivity contribution in [2.75, 3.05) is 25.6 Å². The zero-order valence-corrected chi connectivity index (χ0v) is 9.93. The summed E-state index contributed by atoms with van der Waals surface area (Å²) in [6, 6.07) is 7.78. The highest BCUT2D eigenvalue weighted by Gasteiger charge is 2.23. The number of hydrogen-bond donors (Lipinski definition) is 1. The number of rotatable bonds is 2. The van der Waals surface area contributed by atoms with Crippen molar-refractivity contribution in [2.45, 2.75) is 6.92 Å². The number of hydrazone groups is 1. The highest BCUT2D eigenvalue weighted by Crippen LogP contribution is 2.10. The van der Waals surface area contributed by atoms with Gasteiger partial charge in [-0.2, -0.15) is 0 Å². The van der Waals surface area contributed by atoms with E-state index in [1.165, 1.54) is 0 Å². The predicted octanol–water partition coefficient (Wildman–Crippen LogP) is 1.21. The molecule has 0 saturated carbocycles. The van der Waals surface area contributed by atoms with Crippen molar-refractivity contribution >= 4 is 17.5 Å². The molecule has 0 radical (unpaired) electrons. The quantitative estimate of drug-likeness (QED) is 0.616. The van der Waals surface area contributed by atoms with Crippen LogP contribution in [0.4, 0.5) is 5.69 Å². The lowest BCUT2D eigenvalue weighted by molar-refractivity contribution is -0.138. The molecular formula is C12H15N3O2. The normalized spacial score (nSPS) is 18.1. The Morgan fingerprint density at radius 3 is 3.00 bits per heavy atom. The van der Waals surface area contributed by atoms with Crippen LogP contribution in [-0.4, -0.2) is 36.9 Å². The van der Waals surface area contributed by atoms with Crippen LogP contribution >= 0.6 is 0 Å². The van der Waals surface area contributed by atoms with Gasteiger partial charge in [0, 0.05) is 7.05 Å². The monoisotopic (exact) mass is 233 g/mol. The van der Waals surface area contributed by atoms with Gasteiger partial charge in [-0.05, 0) is 24.6 Å². The molecular weight excluding hydrogens is 218 g/mol. The molecule has 1 aromatic rings. The smallest absolute Gasteiger partial charge is 0.376 e. The number of esters is 1. The third kappa shape index (κ3) is 2.75. The second-order valence-electron chi connectivity index (χ2n) is 3.97. The minimum Gasteiger partial charge on any atom is -0.458 e. The topological polar surface area (TPSA) is 53.9 Å². The van der Waals surface area contributed by atoms with E-state index in [4.69, 9.17) is 4.74 Å². The first-order valence-corrected chi connectivity index (χ1v) is 5.45. The Balaban J connectivity index is 2.11. The highest BCUT2D eigenvalue weighted by molar-refractivity contribution is 6.35. The number of ether oxygens (including phenoxy) is 1. The molecule has 0 unspecified atom stereocenters. The molecule has 90 valence electrons. The van der Waals surface area contributed by atoms with Crippen molar-refractivity contribution in [2.24, 2.45) is 5.10 Å². The zero-order chi connectivity index (χ0) is 12.3. The van der Waals surface area contributed by atoms with Crippen molar-refractivity contribution in [3.8, 4) is 0 Å². The van der Waals surface area contributed by atoms with Crippen LogP contribution in [0.2, 0.25) is 0 Å². The standard InChI is InChI=1S/C12H15N3O2/c1-9-4-3-5-10(8-9)13-14-11-12(16)17-7-6-15(11)2/h3-5,8,13H,6-7H2,1-2H3/b14-11-. The Hall–Kier alpha value is -2.04. The van der Waals surface area contributed by atoms with Gasteiger partial charge in [0.05, 0.1) is 12.2 Å². The second kappa shape index (κ2) is 4.86. The summed E-state index contributed by atoms with van der Waals surface area (Å²) in [7, 11) is 1.82. The summed E-state index contributed by atoms with van der Waals surface area (Å²) in [5.74, 6) is -0.0864. The fraction of sp³-hybridized carbons (Fsp3) is 0.333. The van der Waals surface area contributed by atoms with E-state index in [1.54, 1.807) is 4.90 Å². The minimum atomic E-state index is -0.390. The van der Waals surface area contributed by atoms with Gasteiger partial charge in [0.2, 0.25) is 5.84 Å². The first kappa shape index (κ1) is 11.4. The second-order valence-corrected chi connectivity index (χ2v) is 3.97. The molecule has 5 nitrogen and oxygen atoms in total. The molecule has 0 aromatic heterocycles. The number of cyclic esters (lactones) is 1. The van der Waals surface area contributed by atoms with E-state index < -0.39 is 0 Å². The highest BCUT2D eigenvalue weighted by atomic mass is 16.5. The molecule has 0 atom stereocenters. The van der Waals surface area contributed by atoms with Gasteiger partial charge >= 0.3 is 5.97 Å². The summed E-state index contributed by atoms with van der Waals surface area (Å²) >= 11 is 0. The number of likely N-dealkylation sites (N-methyl/N-ethyl adjacent to an activating group) is 1. The van der Waals surface area contributed by atoms with Gasteiger partial charge in [0.1, 0.15) is 6.61 Å². The molecule has 1 fully saturated rings. The number of nitrogens with zero attached hydrogens (tertiary/aromatic N) is 2. The van der Waals surface area contributed by atoms with Gasteiger partial charge in [-0.15, -0.1) is 5.10 Å². The van der Waals surface area contributed by atoms with E-state index in [1.807, 2.05) is 38.2 Å². The first-order chi connectivity index (χ1) is 8.16. The summed E-state index contributed by atoms with van der Waals surface area (Å²) in [5.41, 5.74) is 4.85. The molecule has 1 heterocycles. The number of carbonyl (C=O) groups excluding carboxylic acids is 1. The molecule has 1 saturated heterocycles. The molecule has 17 heavy (non-hydrogen) atoms. The Morgan fingerprint density at radius 2 is 2.29 bits per heavy atom. The maximum Gasteiger partial charge on any atom is 0.376 e. The number of hydrogen-bond acceptors (Lipinski definition) is 4. The van der Waals surface area contributed by atoms with Crippen molar-refractivity contribution in [1.29, 1.82) is 0 Å². The maximum absolute atomic E-state index is 11.5. The van der Waals surface area contributed by atoms with Gasteiger partial charge in [-0.1, -0.05) is 12.1 Å². The van der Waals surface area contributed by atoms with Crippen LogP contribution in [0.3, 0.4) is 0 Å². The SMILES string of the molecule is Cc1cccc(N/N=C2/C(=O)OCCN2C)c1. The largest absolute Gasteiger partial charge is 0.458 e. The summed E-state index contributed by atoms with van der Waals surface area (Å²) in [5, 5.41) is 4.07. The Labute approximate surface area is 100 Å². The molecule has 1 aliphatic heterocycles. The number of aryl methyl sites for hydroxylation is 1. The maximum atomic E-state index is 11.5. The van der Waals surface area contributed by atoms with Gasteiger partial charge in [0.15, 0.2) is 0 Å². The third-order valence-electron chi connectivity index (χ3n) is 2.51. The zero-order valence-electron chi connectivity index (χ0n) is 9.93. The van der Waals surface area contributed by atoms with Crippen molar-refractivity contribution < 1.29 is 9.53 Å². The van der Waals surface area contributed by atoms with Crippen LogP contribution in [0, 0.1) is 6.92 Å². The van der Waals surface area contributed by atoms with Crippen molar-refractivity contribution in [3.63, 3.8) is 0 Å². The average Bonchev–Trinajstić information content (AvgIpc) is 2.28. The lowest BCUT2D eigenvalue weighted by Crippen LogP contribution is -2.43. The fourth-order valence-corrected chi connectivity index (χ4v) is 1.56. The number of anilines is 1. The molecule has 1 aliphatic rings. The number of benzene rings is 1. The van der Waals surface area contributed by atoms with Crippen LogP contribution in [0.15, 0.2) is 29.4 Å². The number of morpholine rings is 1. The molecule has 0 amide bonds. The number of nitrogens with one attached hydrogen (secondary N) is 1. The molecule has 0 aliphatic carbocycles. The minimum absolute atomic E-state index is 0.303. The Bertz CT molecular complexity index is 457. The van der Waals surface area contributed by atoms with E-state index in [0.717, 1.165) is 11.3 Å². The average molecular weight is 233 g/mol. The van der Waals surface area contributed by atoms with Gasteiger partial charge in [-0.3, -0.25) is 5.43 Å². The molecule has 0 bridgehead atoms. The van der Waals surface area contributed by atoms with Crippen LogP contribution in [0.1, 0.15) is 5.56 Å². The van der Waals surface area contributed by atoms with Gasteiger partial charge in [0.25, 0.3) is 0 Å². The van der Waals surface area contributed by atoms with Crippen molar-refractivity contribution in [3.05, 3.63) is 29.8 Å². The number of carbonyl (C=O) groups is 1. The van der Waals surface area contributed by atoms with E-state index >= 15 is 0 Å². The lowest BCUT2D eigenvalue weighted by Gasteiger charge is -2.24. The summed E-state index contributed by atoms with van der Waals surface area (Å²) in [4.78, 5) is 13.2. The molecule has 1 aromatic carbocycles. The van der Waals surface area contributed by atoms with Gasteiger partial charge < -0.3 is 9.64 Å². The predicted molar refractivity (Wildman–Crippen MR) is 65.8 cm³/mol. The van der Waals surface area contributed by atoms with Crippen molar-refractivity contribution in [1.82, 2.24) is 4.90 Å². The molecule has 2 rings (SSSR count).